The molecule has 0 aliphatic rings. The van der Waals surface area contributed by atoms with Crippen LogP contribution < -0.4 is 10.1 Å². The number of hydrogen-bond donors (Lipinski definition) is 1. The average molecular weight is 245 g/mol. The van der Waals surface area contributed by atoms with E-state index in [4.69, 9.17) is 4.74 Å². The topological polar surface area (TPSA) is 39.1 Å². The van der Waals surface area contributed by atoms with E-state index in [9.17, 15) is 0 Å². The zero-order valence-corrected chi connectivity index (χ0v) is 11.1. The van der Waals surface area contributed by atoms with Crippen LogP contribution in [-0.4, -0.2) is 23.7 Å². The summed E-state index contributed by atoms with van der Waals surface area (Å²) in [4.78, 5) is 4.36. The minimum absolute atomic E-state index is 0.272. The molecule has 0 amide bonds. The minimum atomic E-state index is 0.272. The largest absolute Gasteiger partial charge is 0.497 e. The van der Waals surface area contributed by atoms with Gasteiger partial charge in [-0.05, 0) is 31.7 Å². The summed E-state index contributed by atoms with van der Waals surface area (Å²) in [5.41, 5.74) is 2.29. The van der Waals surface area contributed by atoms with Crippen LogP contribution in [-0.2, 0) is 6.54 Å². The fraction of sp³-hybridized carbons (Fsp3) is 0.357. The van der Waals surface area contributed by atoms with Gasteiger partial charge in [0.1, 0.15) is 5.75 Å². The Morgan fingerprint density at radius 2 is 2.06 bits per heavy atom. The molecule has 0 bridgehead atoms. The lowest BCUT2D eigenvalue weighted by Gasteiger charge is -2.13. The van der Waals surface area contributed by atoms with Crippen LogP contribution in [0.5, 0.6) is 5.75 Å². The molecule has 18 heavy (non-hydrogen) atoms. The van der Waals surface area contributed by atoms with E-state index in [0.29, 0.717) is 0 Å². The van der Waals surface area contributed by atoms with Gasteiger partial charge < -0.3 is 14.6 Å². The second kappa shape index (κ2) is 5.69. The van der Waals surface area contributed by atoms with E-state index in [1.54, 1.807) is 7.11 Å². The van der Waals surface area contributed by atoms with Crippen LogP contribution in [0.25, 0.3) is 0 Å². The van der Waals surface area contributed by atoms with Crippen LogP contribution in [0.4, 0.5) is 0 Å². The van der Waals surface area contributed by atoms with Crippen molar-refractivity contribution in [3.05, 3.63) is 48.0 Å². The predicted molar refractivity (Wildman–Crippen MR) is 71.8 cm³/mol. The zero-order chi connectivity index (χ0) is 13.0. The fourth-order valence-corrected chi connectivity index (χ4v) is 1.92. The third-order valence-corrected chi connectivity index (χ3v) is 3.06. The summed E-state index contributed by atoms with van der Waals surface area (Å²) in [5.74, 6) is 0.882. The molecule has 0 aliphatic carbocycles. The van der Waals surface area contributed by atoms with Crippen molar-refractivity contribution in [3.63, 3.8) is 0 Å². The second-order valence-electron chi connectivity index (χ2n) is 4.29. The lowest BCUT2D eigenvalue weighted by Crippen LogP contribution is -2.06. The Bertz CT molecular complexity index is 490. The number of imidazole rings is 1. The summed E-state index contributed by atoms with van der Waals surface area (Å²) in [7, 11) is 3.60. The minimum Gasteiger partial charge on any atom is -0.497 e. The van der Waals surface area contributed by atoms with Crippen molar-refractivity contribution in [2.75, 3.05) is 14.2 Å². The Balaban J connectivity index is 2.15. The van der Waals surface area contributed by atoms with Gasteiger partial charge in [-0.2, -0.15) is 0 Å². The van der Waals surface area contributed by atoms with Gasteiger partial charge in [-0.25, -0.2) is 4.98 Å². The second-order valence-corrected chi connectivity index (χ2v) is 4.29. The molecular weight excluding hydrogens is 226 g/mol. The molecule has 1 atom stereocenters. The molecule has 0 radical (unpaired) electrons. The zero-order valence-electron chi connectivity index (χ0n) is 11.1. The molecule has 2 aromatic rings. The van der Waals surface area contributed by atoms with Crippen LogP contribution >= 0.6 is 0 Å². The quantitative estimate of drug-likeness (QED) is 0.878. The molecule has 0 aliphatic heterocycles. The summed E-state index contributed by atoms with van der Waals surface area (Å²) >= 11 is 0. The molecule has 0 saturated carbocycles. The molecular formula is C14H19N3O. The van der Waals surface area contributed by atoms with Crippen molar-refractivity contribution in [3.8, 4) is 5.75 Å². The van der Waals surface area contributed by atoms with Crippen molar-refractivity contribution in [1.82, 2.24) is 14.9 Å². The monoisotopic (exact) mass is 245 g/mol. The fourth-order valence-electron chi connectivity index (χ4n) is 1.92. The normalized spacial score (nSPS) is 12.4. The highest BCUT2D eigenvalue weighted by Gasteiger charge is 2.08. The number of benzene rings is 1. The number of aromatic nitrogens is 2. The smallest absolute Gasteiger partial charge is 0.118 e. The van der Waals surface area contributed by atoms with Gasteiger partial charge in [0.05, 0.1) is 25.2 Å². The van der Waals surface area contributed by atoms with E-state index in [-0.39, 0.29) is 6.04 Å². The Morgan fingerprint density at radius 1 is 1.33 bits per heavy atom. The van der Waals surface area contributed by atoms with Gasteiger partial charge in [-0.1, -0.05) is 12.1 Å². The molecule has 1 aromatic heterocycles. The standard InChI is InChI=1S/C14H19N3O/c1-11(12-4-6-14(18-3)7-5-12)17-9-13(8-15-2)16-10-17/h4-7,9-11,15H,8H2,1-3H3. The number of methoxy groups -OCH3 is 1. The third-order valence-electron chi connectivity index (χ3n) is 3.06. The number of hydrogen-bond acceptors (Lipinski definition) is 3. The molecule has 1 aromatic carbocycles. The highest BCUT2D eigenvalue weighted by Crippen LogP contribution is 2.20. The average Bonchev–Trinajstić information content (AvgIpc) is 2.87. The van der Waals surface area contributed by atoms with Crippen LogP contribution in [0.2, 0.25) is 0 Å². The van der Waals surface area contributed by atoms with Gasteiger partial charge in [0, 0.05) is 12.7 Å². The van der Waals surface area contributed by atoms with E-state index >= 15 is 0 Å². The van der Waals surface area contributed by atoms with Crippen LogP contribution in [0.1, 0.15) is 24.2 Å². The molecule has 96 valence electrons. The highest BCUT2D eigenvalue weighted by molar-refractivity contribution is 5.29. The van der Waals surface area contributed by atoms with Gasteiger partial charge in [0.2, 0.25) is 0 Å². The van der Waals surface area contributed by atoms with E-state index in [1.165, 1.54) is 5.56 Å². The highest BCUT2D eigenvalue weighted by atomic mass is 16.5. The number of nitrogens with zero attached hydrogens (tertiary/aromatic N) is 2. The van der Waals surface area contributed by atoms with Gasteiger partial charge in [0.25, 0.3) is 0 Å². The first-order valence-corrected chi connectivity index (χ1v) is 6.05. The predicted octanol–water partition coefficient (Wildman–Crippen LogP) is 2.22. The van der Waals surface area contributed by atoms with E-state index < -0.39 is 0 Å². The SMILES string of the molecule is CNCc1cn(C(C)c2ccc(OC)cc2)cn1. The van der Waals surface area contributed by atoms with E-state index in [0.717, 1.165) is 18.0 Å². The van der Waals surface area contributed by atoms with Crippen molar-refractivity contribution in [2.45, 2.75) is 19.5 Å². The van der Waals surface area contributed by atoms with Crippen LogP contribution in [0.3, 0.4) is 0 Å². The van der Waals surface area contributed by atoms with E-state index in [2.05, 4.69) is 40.1 Å². The van der Waals surface area contributed by atoms with Crippen molar-refractivity contribution in [1.29, 1.82) is 0 Å². The van der Waals surface area contributed by atoms with E-state index in [1.807, 2.05) is 25.5 Å². The van der Waals surface area contributed by atoms with Gasteiger partial charge >= 0.3 is 0 Å². The molecule has 2 rings (SSSR count). The number of rotatable bonds is 5. The van der Waals surface area contributed by atoms with Gasteiger partial charge in [-0.3, -0.25) is 0 Å². The lowest BCUT2D eigenvalue weighted by molar-refractivity contribution is 0.414. The Kier molecular flexibility index (Phi) is 3.99. The summed E-state index contributed by atoms with van der Waals surface area (Å²) in [6.45, 7) is 2.95. The molecule has 1 heterocycles. The summed E-state index contributed by atoms with van der Waals surface area (Å²) in [6, 6.07) is 8.41. The molecule has 1 N–H and O–H groups in total. The van der Waals surface area contributed by atoms with Crippen molar-refractivity contribution < 1.29 is 4.74 Å². The summed E-state index contributed by atoms with van der Waals surface area (Å²) in [6.07, 6.45) is 3.95. The Labute approximate surface area is 108 Å². The molecule has 4 heteroatoms. The Hall–Kier alpha value is -1.81. The molecule has 1 unspecified atom stereocenters. The number of ether oxygens (including phenoxy) is 1. The summed E-state index contributed by atoms with van der Waals surface area (Å²) in [5, 5.41) is 3.10. The lowest BCUT2D eigenvalue weighted by atomic mass is 10.1. The first kappa shape index (κ1) is 12.6. The van der Waals surface area contributed by atoms with Crippen LogP contribution in [0, 0.1) is 0 Å². The van der Waals surface area contributed by atoms with Crippen molar-refractivity contribution >= 4 is 0 Å². The molecule has 0 fully saturated rings. The molecule has 4 nitrogen and oxygen atoms in total. The maximum absolute atomic E-state index is 5.16. The first-order chi connectivity index (χ1) is 8.74. The summed E-state index contributed by atoms with van der Waals surface area (Å²) < 4.78 is 7.28. The van der Waals surface area contributed by atoms with Gasteiger partial charge in [0.15, 0.2) is 0 Å². The maximum Gasteiger partial charge on any atom is 0.118 e. The Morgan fingerprint density at radius 3 is 2.67 bits per heavy atom. The van der Waals surface area contributed by atoms with Gasteiger partial charge in [-0.15, -0.1) is 0 Å². The first-order valence-electron chi connectivity index (χ1n) is 6.05. The maximum atomic E-state index is 5.16. The van der Waals surface area contributed by atoms with Crippen LogP contribution in [0.15, 0.2) is 36.8 Å². The molecule has 0 spiro atoms. The third kappa shape index (κ3) is 2.71. The number of nitrogens with one attached hydrogen (secondary N) is 1. The molecule has 0 saturated heterocycles. The van der Waals surface area contributed by atoms with Crippen molar-refractivity contribution in [2.24, 2.45) is 0 Å².